The average molecular weight is 276 g/mol. The summed E-state index contributed by atoms with van der Waals surface area (Å²) < 4.78 is 41.0. The van der Waals surface area contributed by atoms with E-state index in [1.807, 2.05) is 0 Å². The van der Waals surface area contributed by atoms with E-state index in [0.717, 1.165) is 0 Å². The van der Waals surface area contributed by atoms with E-state index in [2.05, 4.69) is 10.5 Å². The minimum atomic E-state index is -4.58. The third kappa shape index (κ3) is 4.94. The Morgan fingerprint density at radius 1 is 1.42 bits per heavy atom. The number of nitrogens with one attached hydrogen (secondary N) is 1. The van der Waals surface area contributed by atoms with Gasteiger partial charge in [-0.2, -0.15) is 18.1 Å². The highest BCUT2D eigenvalue weighted by molar-refractivity contribution is 5.92. The van der Waals surface area contributed by atoms with Gasteiger partial charge in [0.1, 0.15) is 18.7 Å². The number of methoxy groups -OCH3 is 1. The van der Waals surface area contributed by atoms with Crippen LogP contribution in [0.15, 0.2) is 23.4 Å². The number of nitroso groups, excluding NO2 is 1. The molecule has 0 saturated heterocycles. The monoisotopic (exact) mass is 276 g/mol. The van der Waals surface area contributed by atoms with Gasteiger partial charge in [0, 0.05) is 0 Å². The maximum Gasteiger partial charge on any atom is 0.397 e. The molecule has 104 valence electrons. The third-order valence-corrected chi connectivity index (χ3v) is 2.15. The molecule has 0 fully saturated rings. The fourth-order valence-corrected chi connectivity index (χ4v) is 1.40. The predicted octanol–water partition coefficient (Wildman–Crippen LogP) is 2.85. The van der Waals surface area contributed by atoms with Crippen molar-refractivity contribution in [3.05, 3.63) is 28.7 Å². The normalized spacial score (nSPS) is 10.9. The summed E-state index contributed by atoms with van der Waals surface area (Å²) in [6.07, 6.45) is -6.18. The summed E-state index contributed by atoms with van der Waals surface area (Å²) in [7, 11) is 1.31. The van der Waals surface area contributed by atoms with Gasteiger partial charge in [-0.05, 0) is 17.7 Å². The number of hydrogen-bond donors (Lipinski definition) is 1. The van der Waals surface area contributed by atoms with Crippen LogP contribution in [0.4, 0.5) is 18.9 Å². The Hall–Kier alpha value is -2.12. The van der Waals surface area contributed by atoms with Gasteiger partial charge in [-0.25, -0.2) is 0 Å². The van der Waals surface area contributed by atoms with Gasteiger partial charge in [-0.1, -0.05) is 11.2 Å². The minimum absolute atomic E-state index is 0.0675. The highest BCUT2D eigenvalue weighted by Crippen LogP contribution is 2.27. The lowest BCUT2D eigenvalue weighted by molar-refractivity contribution is -0.150. The summed E-state index contributed by atoms with van der Waals surface area (Å²) in [6.45, 7) is -0.147. The second-order valence-corrected chi connectivity index (χ2v) is 3.66. The first-order valence-electron chi connectivity index (χ1n) is 5.18. The Labute approximate surface area is 106 Å². The molecule has 0 saturated carbocycles. The first-order valence-corrected chi connectivity index (χ1v) is 5.18. The Balaban J connectivity index is 2.88. The van der Waals surface area contributed by atoms with Crippen LogP contribution in [0, 0.1) is 4.91 Å². The standard InChI is InChI=1S/C11H11F3N2O3/c1-19-9-3-2-7(6-15-18)4-8(9)16-10(17)5-11(12,13)14/h2-4H,5-6H2,1H3,(H,16,17). The number of ether oxygens (including phenoxy) is 1. The number of alkyl halides is 3. The van der Waals surface area contributed by atoms with Crippen LogP contribution in [0.2, 0.25) is 0 Å². The topological polar surface area (TPSA) is 67.8 Å². The van der Waals surface area contributed by atoms with Gasteiger partial charge in [0.15, 0.2) is 0 Å². The molecule has 0 atom stereocenters. The smallest absolute Gasteiger partial charge is 0.397 e. The molecule has 0 aliphatic rings. The Kier molecular flexibility index (Phi) is 4.85. The van der Waals surface area contributed by atoms with Crippen molar-refractivity contribution in [3.8, 4) is 5.75 Å². The van der Waals surface area contributed by atoms with Gasteiger partial charge >= 0.3 is 6.18 Å². The second-order valence-electron chi connectivity index (χ2n) is 3.66. The molecule has 0 spiro atoms. The summed E-state index contributed by atoms with van der Waals surface area (Å²) in [5.41, 5.74) is 0.524. The fourth-order valence-electron chi connectivity index (χ4n) is 1.40. The van der Waals surface area contributed by atoms with Crippen LogP contribution >= 0.6 is 0 Å². The number of hydrogen-bond acceptors (Lipinski definition) is 4. The number of rotatable bonds is 5. The molecule has 1 aromatic rings. The number of halogens is 3. The van der Waals surface area contributed by atoms with Crippen molar-refractivity contribution in [2.45, 2.75) is 19.1 Å². The number of carbonyl (C=O) groups excluding carboxylic acids is 1. The van der Waals surface area contributed by atoms with E-state index in [1.165, 1.54) is 25.3 Å². The van der Waals surface area contributed by atoms with E-state index < -0.39 is 18.5 Å². The zero-order valence-corrected chi connectivity index (χ0v) is 9.95. The molecule has 1 rings (SSSR count). The second kappa shape index (κ2) is 6.17. The van der Waals surface area contributed by atoms with Crippen molar-refractivity contribution in [1.82, 2.24) is 0 Å². The maximum atomic E-state index is 12.0. The molecular weight excluding hydrogens is 265 g/mol. The van der Waals surface area contributed by atoms with Gasteiger partial charge in [0.25, 0.3) is 0 Å². The summed E-state index contributed by atoms with van der Waals surface area (Å²) in [4.78, 5) is 21.3. The molecule has 0 bridgehead atoms. The SMILES string of the molecule is COc1ccc(CN=O)cc1NC(=O)CC(F)(F)F. The number of carbonyl (C=O) groups is 1. The lowest BCUT2D eigenvalue weighted by atomic mass is 10.2. The zero-order chi connectivity index (χ0) is 14.5. The first kappa shape index (κ1) is 14.9. The molecule has 1 N–H and O–H groups in total. The molecule has 1 aromatic carbocycles. The zero-order valence-electron chi connectivity index (χ0n) is 9.95. The van der Waals surface area contributed by atoms with Gasteiger partial charge in [-0.3, -0.25) is 4.79 Å². The molecule has 8 heteroatoms. The third-order valence-electron chi connectivity index (χ3n) is 2.15. The van der Waals surface area contributed by atoms with Crippen LogP contribution in [0.3, 0.4) is 0 Å². The van der Waals surface area contributed by atoms with E-state index in [9.17, 15) is 22.9 Å². The van der Waals surface area contributed by atoms with Crippen molar-refractivity contribution >= 4 is 11.6 Å². The summed E-state index contributed by atoms with van der Waals surface area (Å²) in [5.74, 6) is -1.01. The van der Waals surface area contributed by atoms with Crippen molar-refractivity contribution in [3.63, 3.8) is 0 Å². The van der Waals surface area contributed by atoms with Crippen LogP contribution < -0.4 is 10.1 Å². The van der Waals surface area contributed by atoms with Crippen molar-refractivity contribution in [2.75, 3.05) is 12.4 Å². The molecular formula is C11H11F3N2O3. The van der Waals surface area contributed by atoms with E-state index in [0.29, 0.717) is 5.56 Å². The molecule has 0 heterocycles. The highest BCUT2D eigenvalue weighted by Gasteiger charge is 2.31. The molecule has 0 unspecified atom stereocenters. The lowest BCUT2D eigenvalue weighted by Gasteiger charge is -2.12. The quantitative estimate of drug-likeness (QED) is 0.841. The minimum Gasteiger partial charge on any atom is -0.495 e. The van der Waals surface area contributed by atoms with Gasteiger partial charge < -0.3 is 10.1 Å². The van der Waals surface area contributed by atoms with Gasteiger partial charge in [-0.15, -0.1) is 0 Å². The number of amides is 1. The number of anilines is 1. The number of benzene rings is 1. The summed E-state index contributed by atoms with van der Waals surface area (Å²) in [5, 5.41) is 4.75. The highest BCUT2D eigenvalue weighted by atomic mass is 19.4. The van der Waals surface area contributed by atoms with Gasteiger partial charge in [0.05, 0.1) is 12.8 Å². The van der Waals surface area contributed by atoms with Crippen LogP contribution in [-0.4, -0.2) is 19.2 Å². The molecule has 5 nitrogen and oxygen atoms in total. The van der Waals surface area contributed by atoms with E-state index in [4.69, 9.17) is 4.74 Å². The summed E-state index contributed by atoms with van der Waals surface area (Å²) in [6, 6.07) is 4.30. The van der Waals surface area contributed by atoms with Crippen molar-refractivity contribution in [2.24, 2.45) is 5.18 Å². The molecule has 0 aliphatic carbocycles. The Morgan fingerprint density at radius 3 is 2.63 bits per heavy atom. The van der Waals surface area contributed by atoms with E-state index >= 15 is 0 Å². The molecule has 1 amide bonds. The van der Waals surface area contributed by atoms with Crippen LogP contribution in [0.25, 0.3) is 0 Å². The number of nitrogens with zero attached hydrogens (tertiary/aromatic N) is 1. The first-order chi connectivity index (χ1) is 8.85. The van der Waals surface area contributed by atoms with E-state index in [1.54, 1.807) is 0 Å². The molecule has 0 aliphatic heterocycles. The van der Waals surface area contributed by atoms with Crippen molar-refractivity contribution in [1.29, 1.82) is 0 Å². The van der Waals surface area contributed by atoms with Crippen molar-refractivity contribution < 1.29 is 22.7 Å². The average Bonchev–Trinajstić information content (AvgIpc) is 2.27. The van der Waals surface area contributed by atoms with Crippen LogP contribution in [0.1, 0.15) is 12.0 Å². The van der Waals surface area contributed by atoms with E-state index in [-0.39, 0.29) is 18.0 Å². The Morgan fingerprint density at radius 2 is 2.11 bits per heavy atom. The summed E-state index contributed by atoms with van der Waals surface area (Å²) >= 11 is 0. The fraction of sp³-hybridized carbons (Fsp3) is 0.364. The molecule has 0 radical (unpaired) electrons. The van der Waals surface area contributed by atoms with Gasteiger partial charge in [0.2, 0.25) is 5.91 Å². The predicted molar refractivity (Wildman–Crippen MR) is 61.8 cm³/mol. The largest absolute Gasteiger partial charge is 0.495 e. The molecule has 19 heavy (non-hydrogen) atoms. The Bertz CT molecular complexity index is 475. The molecule has 0 aromatic heterocycles. The van der Waals surface area contributed by atoms with Crippen LogP contribution in [0.5, 0.6) is 5.75 Å². The lowest BCUT2D eigenvalue weighted by Crippen LogP contribution is -2.21. The maximum absolute atomic E-state index is 12.0. The van der Waals surface area contributed by atoms with Crippen LogP contribution in [-0.2, 0) is 11.3 Å².